The summed E-state index contributed by atoms with van der Waals surface area (Å²) in [6, 6.07) is 0. The molecular formula is C7H10ClN5O. The van der Waals surface area contributed by atoms with Crippen LogP contribution in [-0.2, 0) is 4.74 Å². The smallest absolute Gasteiger partial charge is 0.214 e. The Morgan fingerprint density at radius 1 is 1.43 bits per heavy atom. The first-order valence-corrected chi connectivity index (χ1v) is 4.66. The van der Waals surface area contributed by atoms with E-state index in [4.69, 9.17) is 16.3 Å². The van der Waals surface area contributed by atoms with Gasteiger partial charge in [-0.05, 0) is 0 Å². The Morgan fingerprint density at radius 3 is 2.86 bits per heavy atom. The maximum absolute atomic E-state index is 5.70. The van der Waals surface area contributed by atoms with E-state index in [1.165, 1.54) is 0 Å². The first kappa shape index (κ1) is 9.42. The highest BCUT2D eigenvalue weighted by Crippen LogP contribution is 2.16. The summed E-state index contributed by atoms with van der Waals surface area (Å²) >= 11 is 5.70. The lowest BCUT2D eigenvalue weighted by atomic mass is 10.5. The molecular weight excluding hydrogens is 206 g/mol. The van der Waals surface area contributed by atoms with Crippen molar-refractivity contribution in [3.8, 4) is 0 Å². The van der Waals surface area contributed by atoms with E-state index in [2.05, 4.69) is 25.3 Å². The fourth-order valence-electron chi connectivity index (χ4n) is 1.12. The molecule has 14 heavy (non-hydrogen) atoms. The second-order valence-electron chi connectivity index (χ2n) is 2.83. The average molecular weight is 216 g/mol. The predicted molar refractivity (Wildman–Crippen MR) is 51.9 cm³/mol. The number of morpholine rings is 1. The SMILES string of the molecule is Clc1n[nH]nc1N=CN1CCOCC1. The molecule has 0 amide bonds. The quantitative estimate of drug-likeness (QED) is 0.575. The molecule has 0 saturated carbocycles. The van der Waals surface area contributed by atoms with Gasteiger partial charge >= 0.3 is 0 Å². The van der Waals surface area contributed by atoms with Crippen molar-refractivity contribution >= 4 is 23.8 Å². The Bertz CT molecular complexity index is 320. The molecule has 6 nitrogen and oxygen atoms in total. The van der Waals surface area contributed by atoms with E-state index in [1.807, 2.05) is 0 Å². The molecule has 1 aliphatic rings. The summed E-state index contributed by atoms with van der Waals surface area (Å²) in [4.78, 5) is 6.15. The van der Waals surface area contributed by atoms with Crippen LogP contribution in [0.2, 0.25) is 5.15 Å². The summed E-state index contributed by atoms with van der Waals surface area (Å²) in [5.74, 6) is 0.415. The van der Waals surface area contributed by atoms with Crippen LogP contribution in [0.3, 0.4) is 0 Å². The molecule has 7 heteroatoms. The highest BCUT2D eigenvalue weighted by Gasteiger charge is 2.07. The Kier molecular flexibility index (Phi) is 2.95. The normalized spacial score (nSPS) is 17.9. The van der Waals surface area contributed by atoms with Gasteiger partial charge in [0.2, 0.25) is 5.82 Å². The highest BCUT2D eigenvalue weighted by molar-refractivity contribution is 6.31. The van der Waals surface area contributed by atoms with Crippen molar-refractivity contribution in [2.75, 3.05) is 26.3 Å². The van der Waals surface area contributed by atoms with E-state index < -0.39 is 0 Å². The molecule has 0 aromatic carbocycles. The molecule has 0 radical (unpaired) electrons. The standard InChI is InChI=1S/C7H10ClN5O/c8-6-7(11-12-10-6)9-5-13-1-3-14-4-2-13/h5H,1-4H2,(H,10,11,12). The van der Waals surface area contributed by atoms with Crippen molar-refractivity contribution in [2.24, 2.45) is 4.99 Å². The van der Waals surface area contributed by atoms with E-state index in [0.29, 0.717) is 5.82 Å². The summed E-state index contributed by atoms with van der Waals surface area (Å²) in [7, 11) is 0. The van der Waals surface area contributed by atoms with Gasteiger partial charge in [0.1, 0.15) is 0 Å². The number of aliphatic imine (C=N–C) groups is 1. The van der Waals surface area contributed by atoms with E-state index in [-0.39, 0.29) is 5.15 Å². The van der Waals surface area contributed by atoms with Gasteiger partial charge in [0.05, 0.1) is 19.6 Å². The molecule has 0 bridgehead atoms. The zero-order valence-corrected chi connectivity index (χ0v) is 8.24. The van der Waals surface area contributed by atoms with Gasteiger partial charge in [-0.25, -0.2) is 4.99 Å². The molecule has 1 aliphatic heterocycles. The van der Waals surface area contributed by atoms with Crippen LogP contribution in [0, 0.1) is 0 Å². The maximum Gasteiger partial charge on any atom is 0.214 e. The van der Waals surface area contributed by atoms with Crippen molar-refractivity contribution in [3.05, 3.63) is 5.15 Å². The van der Waals surface area contributed by atoms with Gasteiger partial charge in [0.25, 0.3) is 0 Å². The van der Waals surface area contributed by atoms with E-state index in [1.54, 1.807) is 6.34 Å². The first-order valence-electron chi connectivity index (χ1n) is 4.28. The molecule has 1 N–H and O–H groups in total. The number of nitrogens with zero attached hydrogens (tertiary/aromatic N) is 4. The topological polar surface area (TPSA) is 66.4 Å². The molecule has 1 aromatic rings. The number of nitrogens with one attached hydrogen (secondary N) is 1. The third-order valence-corrected chi connectivity index (χ3v) is 2.13. The second-order valence-corrected chi connectivity index (χ2v) is 3.19. The van der Waals surface area contributed by atoms with Crippen LogP contribution in [0.4, 0.5) is 5.82 Å². The van der Waals surface area contributed by atoms with Gasteiger partial charge in [-0.2, -0.15) is 5.21 Å². The minimum atomic E-state index is 0.287. The minimum absolute atomic E-state index is 0.287. The van der Waals surface area contributed by atoms with Gasteiger partial charge < -0.3 is 9.64 Å². The Labute approximate surface area is 85.9 Å². The van der Waals surface area contributed by atoms with Crippen LogP contribution in [-0.4, -0.2) is 53.0 Å². The van der Waals surface area contributed by atoms with E-state index >= 15 is 0 Å². The number of H-pyrrole nitrogens is 1. The first-order chi connectivity index (χ1) is 6.86. The maximum atomic E-state index is 5.70. The number of aromatic nitrogens is 3. The highest BCUT2D eigenvalue weighted by atomic mass is 35.5. The number of ether oxygens (including phenoxy) is 1. The predicted octanol–water partition coefficient (Wildman–Crippen LogP) is 0.450. The van der Waals surface area contributed by atoms with Crippen LogP contribution >= 0.6 is 11.6 Å². The second kappa shape index (κ2) is 4.39. The third-order valence-electron chi connectivity index (χ3n) is 1.88. The summed E-state index contributed by atoms with van der Waals surface area (Å²) in [6.07, 6.45) is 1.71. The molecule has 0 unspecified atom stereocenters. The molecule has 1 aromatic heterocycles. The molecule has 0 spiro atoms. The van der Waals surface area contributed by atoms with Crippen LogP contribution in [0.25, 0.3) is 0 Å². The zero-order chi connectivity index (χ0) is 9.80. The van der Waals surface area contributed by atoms with E-state index in [9.17, 15) is 0 Å². The van der Waals surface area contributed by atoms with Gasteiger partial charge in [-0.15, -0.1) is 10.2 Å². The van der Waals surface area contributed by atoms with Crippen molar-refractivity contribution in [2.45, 2.75) is 0 Å². The molecule has 0 aliphatic carbocycles. The van der Waals surface area contributed by atoms with Crippen molar-refractivity contribution < 1.29 is 4.74 Å². The Morgan fingerprint density at radius 2 is 2.21 bits per heavy atom. The number of rotatable bonds is 2. The van der Waals surface area contributed by atoms with E-state index in [0.717, 1.165) is 26.3 Å². The Balaban J connectivity index is 1.95. The van der Waals surface area contributed by atoms with Crippen LogP contribution < -0.4 is 0 Å². The number of hydrogen-bond donors (Lipinski definition) is 1. The Hall–Kier alpha value is -1.14. The lowest BCUT2D eigenvalue weighted by molar-refractivity contribution is 0.0701. The van der Waals surface area contributed by atoms with Gasteiger partial charge in [0, 0.05) is 13.1 Å². The lowest BCUT2D eigenvalue weighted by Crippen LogP contribution is -2.35. The fraction of sp³-hybridized carbons (Fsp3) is 0.571. The third kappa shape index (κ3) is 2.21. The van der Waals surface area contributed by atoms with Crippen LogP contribution in [0.15, 0.2) is 4.99 Å². The fourth-order valence-corrected chi connectivity index (χ4v) is 1.25. The van der Waals surface area contributed by atoms with Gasteiger partial charge in [-0.3, -0.25) is 0 Å². The molecule has 1 saturated heterocycles. The molecule has 1 fully saturated rings. The molecule has 2 heterocycles. The molecule has 0 atom stereocenters. The minimum Gasteiger partial charge on any atom is -0.378 e. The summed E-state index contributed by atoms with van der Waals surface area (Å²) in [6.45, 7) is 3.16. The summed E-state index contributed by atoms with van der Waals surface area (Å²) in [5.41, 5.74) is 0. The number of aromatic amines is 1. The lowest BCUT2D eigenvalue weighted by Gasteiger charge is -2.23. The van der Waals surface area contributed by atoms with Crippen LogP contribution in [0.1, 0.15) is 0 Å². The van der Waals surface area contributed by atoms with Gasteiger partial charge in [0.15, 0.2) is 5.15 Å². The number of halogens is 1. The van der Waals surface area contributed by atoms with Gasteiger partial charge in [-0.1, -0.05) is 11.6 Å². The average Bonchev–Trinajstić information content (AvgIpc) is 2.63. The monoisotopic (exact) mass is 215 g/mol. The summed E-state index contributed by atoms with van der Waals surface area (Å²) < 4.78 is 5.20. The largest absolute Gasteiger partial charge is 0.378 e. The number of hydrogen-bond acceptors (Lipinski definition) is 4. The van der Waals surface area contributed by atoms with Crippen molar-refractivity contribution in [1.29, 1.82) is 0 Å². The zero-order valence-electron chi connectivity index (χ0n) is 7.48. The molecule has 2 rings (SSSR count). The summed E-state index contributed by atoms with van der Waals surface area (Å²) in [5, 5.41) is 10.1. The molecule has 76 valence electrons. The van der Waals surface area contributed by atoms with Crippen LogP contribution in [0.5, 0.6) is 0 Å². The van der Waals surface area contributed by atoms with Crippen molar-refractivity contribution in [3.63, 3.8) is 0 Å². The van der Waals surface area contributed by atoms with Crippen molar-refractivity contribution in [1.82, 2.24) is 20.3 Å².